The smallest absolute Gasteiger partial charge is 0.241 e. The van der Waals surface area contributed by atoms with Crippen LogP contribution in [0.5, 0.6) is 0 Å². The van der Waals surface area contributed by atoms with Gasteiger partial charge in [0, 0.05) is 12.2 Å². The molecule has 1 aromatic carbocycles. The number of hydrogen-bond donors (Lipinski definition) is 0. The summed E-state index contributed by atoms with van der Waals surface area (Å²) in [4.78, 5) is 14.2. The second-order valence-electron chi connectivity index (χ2n) is 4.87. The van der Waals surface area contributed by atoms with Gasteiger partial charge >= 0.3 is 0 Å². The molecule has 1 aliphatic heterocycles. The van der Waals surface area contributed by atoms with Crippen LogP contribution in [0.25, 0.3) is 0 Å². The van der Waals surface area contributed by atoms with Gasteiger partial charge in [0.2, 0.25) is 5.91 Å². The van der Waals surface area contributed by atoms with E-state index in [9.17, 15) is 4.79 Å². The summed E-state index contributed by atoms with van der Waals surface area (Å²) in [6, 6.07) is 8.21. The molecule has 0 N–H and O–H groups in total. The van der Waals surface area contributed by atoms with Crippen LogP contribution in [0.4, 0.5) is 5.69 Å². The van der Waals surface area contributed by atoms with E-state index in [-0.39, 0.29) is 10.7 Å². The van der Waals surface area contributed by atoms with Gasteiger partial charge in [0.05, 0.1) is 4.83 Å². The summed E-state index contributed by atoms with van der Waals surface area (Å²) < 4.78 is 0. The van der Waals surface area contributed by atoms with Crippen LogP contribution in [-0.2, 0) is 11.2 Å². The monoisotopic (exact) mass is 295 g/mol. The topological polar surface area (TPSA) is 20.3 Å². The first-order chi connectivity index (χ1) is 8.11. The number of rotatable bonds is 2. The fourth-order valence-corrected chi connectivity index (χ4v) is 2.44. The van der Waals surface area contributed by atoms with Gasteiger partial charge in [-0.3, -0.25) is 4.79 Å². The minimum absolute atomic E-state index is 0.0892. The molecule has 92 valence electrons. The summed E-state index contributed by atoms with van der Waals surface area (Å²) in [7, 11) is 0. The van der Waals surface area contributed by atoms with Gasteiger partial charge in [0.25, 0.3) is 0 Å². The van der Waals surface area contributed by atoms with Crippen LogP contribution in [0.3, 0.4) is 0 Å². The normalized spacial score (nSPS) is 16.8. The van der Waals surface area contributed by atoms with Crippen molar-refractivity contribution in [3.63, 3.8) is 0 Å². The summed E-state index contributed by atoms with van der Waals surface area (Å²) in [5.41, 5.74) is 2.38. The summed E-state index contributed by atoms with van der Waals surface area (Å²) in [5, 5.41) is 0. The van der Waals surface area contributed by atoms with E-state index in [1.165, 1.54) is 5.56 Å². The lowest BCUT2D eigenvalue weighted by Gasteiger charge is -2.31. The van der Waals surface area contributed by atoms with Gasteiger partial charge in [-0.2, -0.15) is 0 Å². The Labute approximate surface area is 111 Å². The van der Waals surface area contributed by atoms with Crippen LogP contribution in [-0.4, -0.2) is 17.3 Å². The number of halogens is 1. The number of amides is 1. The Morgan fingerprint density at radius 2 is 2.06 bits per heavy atom. The van der Waals surface area contributed by atoms with E-state index in [0.717, 1.165) is 25.1 Å². The Morgan fingerprint density at radius 3 is 2.76 bits per heavy atom. The van der Waals surface area contributed by atoms with E-state index < -0.39 is 0 Å². The van der Waals surface area contributed by atoms with Crippen molar-refractivity contribution in [1.29, 1.82) is 0 Å². The molecular weight excluding hydrogens is 278 g/mol. The predicted molar refractivity (Wildman–Crippen MR) is 74.7 cm³/mol. The lowest BCUT2D eigenvalue weighted by molar-refractivity contribution is -0.118. The third kappa shape index (κ3) is 2.54. The number of para-hydroxylation sites is 1. The summed E-state index contributed by atoms with van der Waals surface area (Å²) in [6.45, 7) is 4.96. The van der Waals surface area contributed by atoms with Gasteiger partial charge in [0.1, 0.15) is 0 Å². The zero-order valence-electron chi connectivity index (χ0n) is 10.3. The maximum absolute atomic E-state index is 12.4. The van der Waals surface area contributed by atoms with Crippen LogP contribution in [0.1, 0.15) is 25.8 Å². The molecule has 0 aliphatic carbocycles. The molecular formula is C14H18BrNO. The number of benzene rings is 1. The van der Waals surface area contributed by atoms with Crippen LogP contribution in [0.2, 0.25) is 0 Å². The first-order valence-corrected chi connectivity index (χ1v) is 7.06. The third-order valence-electron chi connectivity index (χ3n) is 3.20. The second-order valence-corrected chi connectivity index (χ2v) is 5.85. The first-order valence-electron chi connectivity index (χ1n) is 6.14. The molecule has 17 heavy (non-hydrogen) atoms. The van der Waals surface area contributed by atoms with E-state index in [2.05, 4.69) is 35.8 Å². The number of aryl methyl sites for hydroxylation is 1. The molecule has 1 amide bonds. The molecule has 0 unspecified atom stereocenters. The number of nitrogens with zero attached hydrogens (tertiary/aromatic N) is 1. The quantitative estimate of drug-likeness (QED) is 0.766. The fourth-order valence-electron chi connectivity index (χ4n) is 2.20. The van der Waals surface area contributed by atoms with E-state index in [1.807, 2.05) is 23.1 Å². The van der Waals surface area contributed by atoms with E-state index >= 15 is 0 Å². The van der Waals surface area contributed by atoms with Gasteiger partial charge in [-0.1, -0.05) is 48.0 Å². The molecule has 0 radical (unpaired) electrons. The predicted octanol–water partition coefficient (Wildman–Crippen LogP) is 3.39. The van der Waals surface area contributed by atoms with Gasteiger partial charge in [0.15, 0.2) is 0 Å². The highest BCUT2D eigenvalue weighted by atomic mass is 79.9. The standard InChI is InChI=1S/C14H18BrNO/c1-10(2)13(15)14(17)16-9-5-7-11-6-3-4-8-12(11)16/h3-4,6,8,10,13H,5,7,9H2,1-2H3/t13-/m0/s1. The van der Waals surface area contributed by atoms with Gasteiger partial charge in [-0.25, -0.2) is 0 Å². The van der Waals surface area contributed by atoms with Gasteiger partial charge < -0.3 is 4.90 Å². The first kappa shape index (κ1) is 12.6. The van der Waals surface area contributed by atoms with E-state index in [0.29, 0.717) is 5.92 Å². The second kappa shape index (κ2) is 5.21. The molecule has 0 saturated carbocycles. The maximum atomic E-state index is 12.4. The number of fused-ring (bicyclic) bond motifs is 1. The molecule has 1 atom stereocenters. The van der Waals surface area contributed by atoms with Crippen molar-refractivity contribution in [1.82, 2.24) is 0 Å². The number of carbonyl (C=O) groups excluding carboxylic acids is 1. The molecule has 2 rings (SSSR count). The fraction of sp³-hybridized carbons (Fsp3) is 0.500. The molecule has 0 bridgehead atoms. The third-order valence-corrected chi connectivity index (χ3v) is 4.65. The van der Waals surface area contributed by atoms with E-state index in [4.69, 9.17) is 0 Å². The van der Waals surface area contributed by atoms with Crippen molar-refractivity contribution < 1.29 is 4.79 Å². The van der Waals surface area contributed by atoms with Crippen LogP contribution in [0.15, 0.2) is 24.3 Å². The molecule has 1 aliphatic rings. The lowest BCUT2D eigenvalue weighted by atomic mass is 10.0. The lowest BCUT2D eigenvalue weighted by Crippen LogP contribution is -2.41. The van der Waals surface area contributed by atoms with E-state index in [1.54, 1.807) is 0 Å². The highest BCUT2D eigenvalue weighted by Crippen LogP contribution is 2.29. The Bertz CT molecular complexity index is 416. The van der Waals surface area contributed by atoms with Gasteiger partial charge in [-0.05, 0) is 30.4 Å². The van der Waals surface area contributed by atoms with Crippen LogP contribution < -0.4 is 4.90 Å². The van der Waals surface area contributed by atoms with Crippen molar-refractivity contribution in [2.24, 2.45) is 5.92 Å². The van der Waals surface area contributed by atoms with Crippen molar-refractivity contribution in [2.75, 3.05) is 11.4 Å². The highest BCUT2D eigenvalue weighted by molar-refractivity contribution is 9.10. The zero-order chi connectivity index (χ0) is 12.4. The Morgan fingerprint density at radius 1 is 1.35 bits per heavy atom. The minimum Gasteiger partial charge on any atom is -0.311 e. The number of hydrogen-bond acceptors (Lipinski definition) is 1. The number of alkyl halides is 1. The average molecular weight is 296 g/mol. The Kier molecular flexibility index (Phi) is 3.87. The number of anilines is 1. The average Bonchev–Trinajstić information content (AvgIpc) is 2.36. The van der Waals surface area contributed by atoms with Gasteiger partial charge in [-0.15, -0.1) is 0 Å². The number of carbonyl (C=O) groups is 1. The molecule has 0 fully saturated rings. The molecule has 1 aromatic rings. The van der Waals surface area contributed by atoms with Crippen molar-refractivity contribution in [3.05, 3.63) is 29.8 Å². The SMILES string of the molecule is CC(C)[C@H](Br)C(=O)N1CCCc2ccccc21. The minimum atomic E-state index is -0.0892. The summed E-state index contributed by atoms with van der Waals surface area (Å²) >= 11 is 3.50. The Hall–Kier alpha value is -0.830. The molecule has 3 heteroatoms. The summed E-state index contributed by atoms with van der Waals surface area (Å²) in [6.07, 6.45) is 2.13. The van der Waals surface area contributed by atoms with Crippen LogP contribution in [0, 0.1) is 5.92 Å². The zero-order valence-corrected chi connectivity index (χ0v) is 11.9. The van der Waals surface area contributed by atoms with Crippen molar-refractivity contribution in [2.45, 2.75) is 31.5 Å². The summed E-state index contributed by atoms with van der Waals surface area (Å²) in [5.74, 6) is 0.503. The molecule has 1 heterocycles. The largest absolute Gasteiger partial charge is 0.311 e. The molecule has 2 nitrogen and oxygen atoms in total. The molecule has 0 aromatic heterocycles. The Balaban J connectivity index is 2.27. The molecule has 0 spiro atoms. The molecule has 0 saturated heterocycles. The van der Waals surface area contributed by atoms with Crippen molar-refractivity contribution >= 4 is 27.5 Å². The van der Waals surface area contributed by atoms with Crippen LogP contribution >= 0.6 is 15.9 Å². The maximum Gasteiger partial charge on any atom is 0.241 e. The highest BCUT2D eigenvalue weighted by Gasteiger charge is 2.28. The van der Waals surface area contributed by atoms with Crippen molar-refractivity contribution in [3.8, 4) is 0 Å².